The van der Waals surface area contributed by atoms with Gasteiger partial charge in [0.05, 0.1) is 5.02 Å². The maximum atomic E-state index is 13.2. The van der Waals surface area contributed by atoms with Gasteiger partial charge in [0, 0.05) is 25.0 Å². The molecular formula is C16H18ClFN2. The van der Waals surface area contributed by atoms with E-state index >= 15 is 0 Å². The lowest BCUT2D eigenvalue weighted by Gasteiger charge is -2.21. The Morgan fingerprint density at radius 1 is 1.40 bits per heavy atom. The van der Waals surface area contributed by atoms with Crippen LogP contribution >= 0.6 is 11.6 Å². The number of halogens is 2. The minimum atomic E-state index is -0.363. The molecule has 1 aliphatic rings. The van der Waals surface area contributed by atoms with Gasteiger partial charge in [-0.15, -0.1) is 0 Å². The second-order valence-corrected chi connectivity index (χ2v) is 5.80. The van der Waals surface area contributed by atoms with Gasteiger partial charge < -0.3 is 9.88 Å². The molecule has 20 heavy (non-hydrogen) atoms. The van der Waals surface area contributed by atoms with Crippen molar-refractivity contribution in [3.05, 3.63) is 58.1 Å². The molecule has 0 amide bonds. The van der Waals surface area contributed by atoms with Crippen molar-refractivity contribution in [2.24, 2.45) is 0 Å². The number of nitrogens with zero attached hydrogens (tertiary/aromatic N) is 1. The van der Waals surface area contributed by atoms with Crippen molar-refractivity contribution < 1.29 is 4.39 Å². The molecule has 1 aromatic heterocycles. The number of rotatable bonds is 3. The third-order valence-corrected chi connectivity index (χ3v) is 4.30. The van der Waals surface area contributed by atoms with Gasteiger partial charge in [0.1, 0.15) is 5.82 Å². The number of benzene rings is 1. The summed E-state index contributed by atoms with van der Waals surface area (Å²) in [7, 11) is 2.01. The van der Waals surface area contributed by atoms with E-state index in [-0.39, 0.29) is 10.8 Å². The second kappa shape index (κ2) is 5.58. The fourth-order valence-corrected chi connectivity index (χ4v) is 3.19. The van der Waals surface area contributed by atoms with Gasteiger partial charge in [-0.1, -0.05) is 17.7 Å². The number of hydrogen-bond acceptors (Lipinski definition) is 1. The van der Waals surface area contributed by atoms with E-state index in [4.69, 9.17) is 11.6 Å². The van der Waals surface area contributed by atoms with Crippen LogP contribution in [0.1, 0.15) is 35.6 Å². The van der Waals surface area contributed by atoms with Crippen LogP contribution in [0.2, 0.25) is 5.02 Å². The van der Waals surface area contributed by atoms with Gasteiger partial charge in [-0.2, -0.15) is 0 Å². The number of aromatic nitrogens is 1. The Balaban J connectivity index is 1.84. The van der Waals surface area contributed by atoms with Gasteiger partial charge in [-0.05, 0) is 55.1 Å². The Labute approximate surface area is 123 Å². The molecule has 4 heteroatoms. The maximum Gasteiger partial charge on any atom is 0.141 e. The average molecular weight is 293 g/mol. The minimum Gasteiger partial charge on any atom is -0.349 e. The highest BCUT2D eigenvalue weighted by Gasteiger charge is 2.20. The molecule has 1 heterocycles. The first-order valence-corrected chi connectivity index (χ1v) is 7.35. The molecular weight excluding hydrogens is 275 g/mol. The van der Waals surface area contributed by atoms with E-state index in [0.29, 0.717) is 6.04 Å². The topological polar surface area (TPSA) is 17.0 Å². The monoisotopic (exact) mass is 292 g/mol. The maximum absolute atomic E-state index is 13.2. The van der Waals surface area contributed by atoms with Crippen LogP contribution in [0.3, 0.4) is 0 Å². The lowest BCUT2D eigenvalue weighted by atomic mass is 9.91. The third kappa shape index (κ3) is 2.60. The summed E-state index contributed by atoms with van der Waals surface area (Å²) in [6.07, 6.45) is 7.97. The lowest BCUT2D eigenvalue weighted by Crippen LogP contribution is -2.20. The van der Waals surface area contributed by atoms with E-state index in [1.807, 2.05) is 7.05 Å². The van der Waals surface area contributed by atoms with E-state index in [2.05, 4.69) is 22.3 Å². The molecule has 2 nitrogen and oxygen atoms in total. The summed E-state index contributed by atoms with van der Waals surface area (Å²) in [6, 6.07) is 5.37. The zero-order chi connectivity index (χ0) is 14.1. The van der Waals surface area contributed by atoms with E-state index in [1.165, 1.54) is 30.0 Å². The summed E-state index contributed by atoms with van der Waals surface area (Å²) in [5.74, 6) is -0.363. The second-order valence-electron chi connectivity index (χ2n) is 5.39. The fraction of sp³-hybridized carbons (Fsp3) is 0.375. The van der Waals surface area contributed by atoms with Crippen LogP contribution in [0.25, 0.3) is 0 Å². The SMILES string of the molecule is CNC1CCCc2cn(Cc3ccc(F)c(Cl)c3)cc21. The number of aryl methyl sites for hydroxylation is 1. The van der Waals surface area contributed by atoms with E-state index in [9.17, 15) is 4.39 Å². The van der Waals surface area contributed by atoms with Gasteiger partial charge in [0.2, 0.25) is 0 Å². The van der Waals surface area contributed by atoms with Crippen LogP contribution in [0, 0.1) is 5.82 Å². The lowest BCUT2D eigenvalue weighted by molar-refractivity contribution is 0.498. The standard InChI is InChI=1S/C16H18ClFN2/c1-19-16-4-2-3-12-9-20(10-13(12)16)8-11-5-6-15(18)14(17)7-11/h5-7,9-10,16,19H,2-4,8H2,1H3. The van der Waals surface area contributed by atoms with Crippen LogP contribution in [0.4, 0.5) is 4.39 Å². The smallest absolute Gasteiger partial charge is 0.141 e. The molecule has 0 aliphatic heterocycles. The highest BCUT2D eigenvalue weighted by molar-refractivity contribution is 6.30. The van der Waals surface area contributed by atoms with E-state index in [1.54, 1.807) is 12.1 Å². The molecule has 1 N–H and O–H groups in total. The molecule has 0 fully saturated rings. The molecule has 0 radical (unpaired) electrons. The Morgan fingerprint density at radius 3 is 3.00 bits per heavy atom. The van der Waals surface area contributed by atoms with Crippen LogP contribution in [-0.4, -0.2) is 11.6 Å². The predicted octanol–water partition coefficient (Wildman–Crippen LogP) is 3.93. The highest BCUT2D eigenvalue weighted by Crippen LogP contribution is 2.30. The summed E-state index contributed by atoms with van der Waals surface area (Å²) in [4.78, 5) is 0. The van der Waals surface area contributed by atoms with Crippen molar-refractivity contribution in [3.8, 4) is 0 Å². The zero-order valence-electron chi connectivity index (χ0n) is 11.5. The summed E-state index contributed by atoms with van der Waals surface area (Å²) in [6.45, 7) is 0.726. The molecule has 0 bridgehead atoms. The zero-order valence-corrected chi connectivity index (χ0v) is 12.3. The Kier molecular flexibility index (Phi) is 3.81. The molecule has 0 spiro atoms. The number of fused-ring (bicyclic) bond motifs is 1. The third-order valence-electron chi connectivity index (χ3n) is 4.01. The van der Waals surface area contributed by atoms with Crippen LogP contribution in [0.15, 0.2) is 30.6 Å². The van der Waals surface area contributed by atoms with Gasteiger partial charge in [-0.3, -0.25) is 0 Å². The van der Waals surface area contributed by atoms with Crippen molar-refractivity contribution in [1.29, 1.82) is 0 Å². The van der Waals surface area contributed by atoms with Crippen molar-refractivity contribution in [1.82, 2.24) is 9.88 Å². The molecule has 1 aliphatic carbocycles. The molecule has 3 rings (SSSR count). The molecule has 0 saturated carbocycles. The molecule has 1 unspecified atom stereocenters. The number of nitrogens with one attached hydrogen (secondary N) is 1. The van der Waals surface area contributed by atoms with Crippen molar-refractivity contribution >= 4 is 11.6 Å². The predicted molar refractivity (Wildman–Crippen MR) is 79.7 cm³/mol. The summed E-state index contributed by atoms with van der Waals surface area (Å²) in [5, 5.41) is 3.56. The molecule has 1 aromatic carbocycles. The van der Waals surface area contributed by atoms with Gasteiger partial charge in [-0.25, -0.2) is 4.39 Å². The van der Waals surface area contributed by atoms with Crippen LogP contribution in [0.5, 0.6) is 0 Å². The molecule has 2 aromatic rings. The molecule has 1 atom stereocenters. The quantitative estimate of drug-likeness (QED) is 0.907. The Hall–Kier alpha value is -1.32. The Bertz CT molecular complexity index is 621. The fourth-order valence-electron chi connectivity index (χ4n) is 2.99. The van der Waals surface area contributed by atoms with Crippen LogP contribution in [-0.2, 0) is 13.0 Å². The van der Waals surface area contributed by atoms with Crippen molar-refractivity contribution in [2.45, 2.75) is 31.8 Å². The van der Waals surface area contributed by atoms with Crippen molar-refractivity contribution in [3.63, 3.8) is 0 Å². The molecule has 106 valence electrons. The van der Waals surface area contributed by atoms with Crippen molar-refractivity contribution in [2.75, 3.05) is 7.05 Å². The van der Waals surface area contributed by atoms with E-state index < -0.39 is 0 Å². The first kappa shape index (κ1) is 13.7. The normalized spacial score (nSPS) is 18.1. The van der Waals surface area contributed by atoms with E-state index in [0.717, 1.165) is 18.5 Å². The largest absolute Gasteiger partial charge is 0.349 e. The first-order chi connectivity index (χ1) is 9.67. The van der Waals surface area contributed by atoms with Crippen LogP contribution < -0.4 is 5.32 Å². The summed E-state index contributed by atoms with van der Waals surface area (Å²) >= 11 is 5.83. The first-order valence-electron chi connectivity index (χ1n) is 6.97. The minimum absolute atomic E-state index is 0.188. The number of hydrogen-bond donors (Lipinski definition) is 1. The summed E-state index contributed by atoms with van der Waals surface area (Å²) in [5.41, 5.74) is 3.83. The highest BCUT2D eigenvalue weighted by atomic mass is 35.5. The van der Waals surface area contributed by atoms with Gasteiger partial charge in [0.15, 0.2) is 0 Å². The summed E-state index contributed by atoms with van der Waals surface area (Å²) < 4.78 is 15.3. The van der Waals surface area contributed by atoms with Gasteiger partial charge in [0.25, 0.3) is 0 Å². The molecule has 0 saturated heterocycles. The Morgan fingerprint density at radius 2 is 2.25 bits per heavy atom. The average Bonchev–Trinajstić information content (AvgIpc) is 2.85. The van der Waals surface area contributed by atoms with Gasteiger partial charge >= 0.3 is 0 Å².